The first kappa shape index (κ1) is 62.3. The van der Waals surface area contributed by atoms with Crippen molar-refractivity contribution >= 4 is 52.3 Å². The Morgan fingerprint density at radius 1 is 1.00 bits per heavy atom. The summed E-state index contributed by atoms with van der Waals surface area (Å²) in [6.07, 6.45) is -2.56. The largest absolute Gasteiger partial charge is 0.508 e. The number of aromatic hydroxyl groups is 1. The van der Waals surface area contributed by atoms with Crippen LogP contribution in [0, 0.1) is 19.8 Å². The minimum absolute atomic E-state index is 0.0324. The van der Waals surface area contributed by atoms with Gasteiger partial charge in [0.2, 0.25) is 24.2 Å². The number of nitrogens with two attached hydrogens (primary N) is 1. The minimum atomic E-state index is -3.53. The number of aliphatic hydroxyl groups is 7. The second-order valence-corrected chi connectivity index (χ2v) is 21.2. The van der Waals surface area contributed by atoms with Crippen molar-refractivity contribution in [2.24, 2.45) is 16.6 Å². The molecule has 3 aromatic heterocycles. The zero-order valence-electron chi connectivity index (χ0n) is 46.1. The number of aromatic nitrogens is 2. The van der Waals surface area contributed by atoms with Gasteiger partial charge in [0.1, 0.15) is 54.3 Å². The first-order valence-electron chi connectivity index (χ1n) is 27.4. The van der Waals surface area contributed by atoms with Gasteiger partial charge in [-0.3, -0.25) is 10.1 Å². The molecule has 1 aliphatic carbocycles. The number of carbonyl (C=O) groups is 4. The van der Waals surface area contributed by atoms with Crippen LogP contribution in [0.1, 0.15) is 56.1 Å². The van der Waals surface area contributed by atoms with E-state index in [-0.39, 0.29) is 66.0 Å². The number of aromatic amines is 1. The maximum absolute atomic E-state index is 14.4. The molecule has 1 saturated carbocycles. The lowest BCUT2D eigenvalue weighted by Crippen LogP contribution is -2.86. The van der Waals surface area contributed by atoms with Crippen LogP contribution < -0.4 is 36.7 Å². The molecule has 2 fully saturated rings. The summed E-state index contributed by atoms with van der Waals surface area (Å²) in [4.78, 5) is 79.4. The molecule has 0 bridgehead atoms. The lowest BCUT2D eigenvalue weighted by molar-refractivity contribution is -0.400. The monoisotopic (exact) mass is 1170 g/mol. The molecular weight excluding hydrogens is 1100 g/mol. The van der Waals surface area contributed by atoms with Gasteiger partial charge in [-0.1, -0.05) is 42.2 Å². The number of benzene rings is 3. The van der Waals surface area contributed by atoms with Gasteiger partial charge in [-0.2, -0.15) is 4.73 Å². The molecule has 6 aromatic rings. The number of esters is 1. The summed E-state index contributed by atoms with van der Waals surface area (Å²) in [5.74, 6) is -4.90. The number of aryl methyl sites for hydroxylation is 2. The third-order valence-corrected chi connectivity index (χ3v) is 15.4. The number of hydrogen-bond donors (Lipinski definition) is 14. The van der Waals surface area contributed by atoms with E-state index in [0.717, 1.165) is 24.0 Å². The van der Waals surface area contributed by atoms with Crippen LogP contribution in [0.5, 0.6) is 11.5 Å². The van der Waals surface area contributed by atoms with Crippen molar-refractivity contribution in [1.29, 1.82) is 0 Å². The minimum Gasteiger partial charge on any atom is -0.508 e. The maximum atomic E-state index is 14.4. The van der Waals surface area contributed by atoms with Gasteiger partial charge in [0.15, 0.2) is 28.7 Å². The number of aldehydes is 2. The van der Waals surface area contributed by atoms with Crippen LogP contribution in [0.15, 0.2) is 99.6 Å². The summed E-state index contributed by atoms with van der Waals surface area (Å²) in [7, 11) is 0. The molecule has 84 heavy (non-hydrogen) atoms. The quantitative estimate of drug-likeness (QED) is 0.00631. The number of phenolic OH excluding ortho intramolecular Hbond substituents is 1. The molecule has 2 aliphatic rings. The van der Waals surface area contributed by atoms with E-state index in [4.69, 9.17) is 29.2 Å². The number of phenols is 1. The van der Waals surface area contributed by atoms with E-state index < -0.39 is 110 Å². The molecule has 0 amide bonds. The Hall–Kier alpha value is -7.76. The van der Waals surface area contributed by atoms with Gasteiger partial charge < -0.3 is 100 Å². The highest BCUT2D eigenvalue weighted by molar-refractivity contribution is 5.98. The van der Waals surface area contributed by atoms with Gasteiger partial charge in [-0.05, 0) is 93.5 Å². The molecular formula is C58H71N7O19. The molecule has 0 spiro atoms. The maximum Gasteiger partial charge on any atom is 0.337 e. The molecule has 3 aromatic carbocycles. The Balaban J connectivity index is 1.32. The number of fused-ring (bicyclic) bond motifs is 2. The van der Waals surface area contributed by atoms with Crippen LogP contribution in [-0.2, 0) is 28.7 Å². The standard InChI is InChI=1S/C58H71N7O19/c1-32-21-33(2)23-37(22-32)48-46-35(16-18-61-46)26-65(48)84-50-53(81-40-14-15-41-44(24-40)80-29-42(49(41)74)34-10-12-39(72)13-11-34)82-54(56(78,30-70)58(50,79)45(73)9-5-19-66)57(31-71,83-52(77)47(51(75)76)60-17-6-20-67)64-55(59)63-38(28-69)25-62-43-8-4-3-7-36(43)27-68/h10-16,18,20-24,26,28-29,36,38,43,45,47,50,53-54,60-62,66,68,70-73,78-79H,3-9,17,19,25,27,30-31H2,1-2H3,(H,75,76)(H3,59,63,64). The van der Waals surface area contributed by atoms with Crippen molar-refractivity contribution in [3.05, 3.63) is 107 Å². The van der Waals surface area contributed by atoms with E-state index in [2.05, 4.69) is 25.9 Å². The number of nitrogens with one attached hydrogen (secondary N) is 4. The van der Waals surface area contributed by atoms with Gasteiger partial charge in [0, 0.05) is 62.0 Å². The number of rotatable bonds is 27. The Morgan fingerprint density at radius 2 is 1.74 bits per heavy atom. The number of carboxylic acid groups (broad SMARTS) is 1. The molecule has 0 radical (unpaired) electrons. The third-order valence-electron chi connectivity index (χ3n) is 15.4. The van der Waals surface area contributed by atoms with Crippen LogP contribution in [0.25, 0.3) is 44.3 Å². The number of carbonyl (C=O) groups excluding carboxylic acids is 3. The van der Waals surface area contributed by atoms with Crippen molar-refractivity contribution in [3.63, 3.8) is 0 Å². The Kier molecular flexibility index (Phi) is 19.9. The molecule has 15 N–H and O–H groups in total. The average Bonchev–Trinajstić information content (AvgIpc) is 1.59. The first-order chi connectivity index (χ1) is 40.3. The molecule has 452 valence electrons. The topological polar surface area (TPSA) is 413 Å². The fourth-order valence-corrected chi connectivity index (χ4v) is 11.2. The smallest absolute Gasteiger partial charge is 0.337 e. The molecule has 11 unspecified atom stereocenters. The fraction of sp³-hybridized carbons (Fsp3) is 0.448. The molecule has 11 atom stereocenters. The predicted molar refractivity (Wildman–Crippen MR) is 301 cm³/mol. The number of aliphatic hydroxyl groups excluding tert-OH is 5. The summed E-state index contributed by atoms with van der Waals surface area (Å²) >= 11 is 0. The van der Waals surface area contributed by atoms with E-state index >= 15 is 0 Å². The van der Waals surface area contributed by atoms with E-state index in [1.165, 1.54) is 59.7 Å². The van der Waals surface area contributed by atoms with Crippen LogP contribution in [-0.4, -0.2) is 185 Å². The number of carboxylic acids is 1. The summed E-state index contributed by atoms with van der Waals surface area (Å²) in [5.41, 5.74) is -0.716. The molecule has 1 aliphatic heterocycles. The molecule has 26 nitrogen and oxygen atoms in total. The van der Waals surface area contributed by atoms with E-state index in [9.17, 15) is 69.9 Å². The number of nitrogens with zero attached hydrogens (tertiary/aromatic N) is 2. The van der Waals surface area contributed by atoms with Gasteiger partial charge in [-0.15, -0.1) is 0 Å². The Morgan fingerprint density at radius 3 is 2.40 bits per heavy atom. The highest BCUT2D eigenvalue weighted by Gasteiger charge is 2.75. The fourth-order valence-electron chi connectivity index (χ4n) is 11.2. The summed E-state index contributed by atoms with van der Waals surface area (Å²) in [6.45, 7) is -0.902. The van der Waals surface area contributed by atoms with Crippen molar-refractivity contribution in [2.45, 2.75) is 118 Å². The van der Waals surface area contributed by atoms with E-state index in [1.54, 1.807) is 12.3 Å². The predicted octanol–water partition coefficient (Wildman–Crippen LogP) is 0.397. The Labute approximate surface area is 480 Å². The van der Waals surface area contributed by atoms with E-state index in [1.807, 2.05) is 32.0 Å². The van der Waals surface area contributed by atoms with Crippen LogP contribution in [0.3, 0.4) is 0 Å². The normalized spacial score (nSPS) is 23.7. The summed E-state index contributed by atoms with van der Waals surface area (Å²) in [6, 6.07) is 13.0. The number of ether oxygens (including phenoxy) is 3. The molecule has 26 heteroatoms. The highest BCUT2D eigenvalue weighted by atomic mass is 16.8. The van der Waals surface area contributed by atoms with Crippen molar-refractivity contribution in [3.8, 4) is 33.9 Å². The van der Waals surface area contributed by atoms with E-state index in [0.29, 0.717) is 53.1 Å². The van der Waals surface area contributed by atoms with Gasteiger partial charge in [-0.25, -0.2) is 14.6 Å². The van der Waals surface area contributed by atoms with Crippen LogP contribution in [0.4, 0.5) is 0 Å². The SMILES string of the molecule is Cc1cc(C)cc(-c2c3[nH]ccc3cn2OC2C(Oc3ccc4c(=O)c(-c5ccc(O)cc5)coc4c3)OC(C(CO)(NC(N)=NC(C=O)CNC3CCCCC3CO)OC(=O)C(NCCC=O)C(=O)O)C(O)(CO)C2(O)C(O)CCCO)c1. The number of aliphatic carboxylic acids is 1. The number of aliphatic imine (C=N–C) groups is 1. The van der Waals surface area contributed by atoms with Gasteiger partial charge in [0.05, 0.1) is 35.4 Å². The average molecular weight is 1170 g/mol. The van der Waals surface area contributed by atoms with Crippen molar-refractivity contribution < 1.29 is 88.6 Å². The lowest BCUT2D eigenvalue weighted by atomic mass is 9.66. The van der Waals surface area contributed by atoms with Crippen molar-refractivity contribution in [2.75, 3.05) is 39.5 Å². The summed E-state index contributed by atoms with van der Waals surface area (Å²) in [5, 5.41) is 113. The van der Waals surface area contributed by atoms with Gasteiger partial charge >= 0.3 is 11.9 Å². The summed E-state index contributed by atoms with van der Waals surface area (Å²) < 4.78 is 26.2. The second kappa shape index (κ2) is 26.9. The van der Waals surface area contributed by atoms with Gasteiger partial charge in [0.25, 0.3) is 0 Å². The first-order valence-corrected chi connectivity index (χ1v) is 27.4. The second-order valence-electron chi connectivity index (χ2n) is 21.2. The molecule has 1 saturated heterocycles. The zero-order chi connectivity index (χ0) is 60.5. The van der Waals surface area contributed by atoms with Crippen LogP contribution in [0.2, 0.25) is 0 Å². The zero-order valence-corrected chi connectivity index (χ0v) is 46.1. The number of hydrogen-bond acceptors (Lipinski definition) is 21. The number of guanidine groups is 1. The number of H-pyrrole nitrogens is 1. The molecule has 8 rings (SSSR count). The Bertz CT molecular complexity index is 3350. The highest BCUT2D eigenvalue weighted by Crippen LogP contribution is 2.47. The third kappa shape index (κ3) is 12.8. The lowest BCUT2D eigenvalue weighted by Gasteiger charge is -2.59. The molecule has 4 heterocycles. The van der Waals surface area contributed by atoms with Crippen molar-refractivity contribution in [1.82, 2.24) is 25.7 Å². The van der Waals surface area contributed by atoms with Crippen LogP contribution >= 0.6 is 0 Å².